The van der Waals surface area contributed by atoms with Gasteiger partial charge in [0.25, 0.3) is 0 Å². The SMILES string of the molecule is CCCNC1C(C)C(c2ccc(F)cn2)C1CC. The van der Waals surface area contributed by atoms with Gasteiger partial charge in [-0.3, -0.25) is 4.98 Å². The Morgan fingerprint density at radius 1 is 1.33 bits per heavy atom. The normalized spacial score (nSPS) is 31.1. The zero-order valence-corrected chi connectivity index (χ0v) is 11.5. The van der Waals surface area contributed by atoms with E-state index in [4.69, 9.17) is 0 Å². The first-order chi connectivity index (χ1) is 8.69. The summed E-state index contributed by atoms with van der Waals surface area (Å²) in [5, 5.41) is 3.63. The van der Waals surface area contributed by atoms with Gasteiger partial charge in [-0.15, -0.1) is 0 Å². The summed E-state index contributed by atoms with van der Waals surface area (Å²) >= 11 is 0. The molecule has 1 aliphatic carbocycles. The lowest BCUT2D eigenvalue weighted by atomic mass is 9.59. The largest absolute Gasteiger partial charge is 0.313 e. The Morgan fingerprint density at radius 3 is 2.67 bits per heavy atom. The van der Waals surface area contributed by atoms with Crippen LogP contribution in [0.4, 0.5) is 4.39 Å². The molecule has 18 heavy (non-hydrogen) atoms. The molecular formula is C15H23FN2. The Kier molecular flexibility index (Phi) is 4.33. The van der Waals surface area contributed by atoms with Gasteiger partial charge in [-0.1, -0.05) is 27.2 Å². The van der Waals surface area contributed by atoms with Gasteiger partial charge < -0.3 is 5.32 Å². The lowest BCUT2D eigenvalue weighted by molar-refractivity contribution is 0.0759. The predicted molar refractivity (Wildman–Crippen MR) is 72.0 cm³/mol. The molecule has 1 aromatic rings. The van der Waals surface area contributed by atoms with Crippen LogP contribution in [0, 0.1) is 17.7 Å². The molecular weight excluding hydrogens is 227 g/mol. The van der Waals surface area contributed by atoms with Crippen LogP contribution >= 0.6 is 0 Å². The van der Waals surface area contributed by atoms with Gasteiger partial charge in [0, 0.05) is 17.7 Å². The van der Waals surface area contributed by atoms with Crippen LogP contribution in [0.3, 0.4) is 0 Å². The molecule has 4 atom stereocenters. The van der Waals surface area contributed by atoms with Crippen LogP contribution in [-0.2, 0) is 0 Å². The molecule has 0 aliphatic heterocycles. The average molecular weight is 250 g/mol. The Hall–Kier alpha value is -0.960. The maximum Gasteiger partial charge on any atom is 0.141 e. The Balaban J connectivity index is 2.07. The van der Waals surface area contributed by atoms with Crippen molar-refractivity contribution in [1.82, 2.24) is 10.3 Å². The highest BCUT2D eigenvalue weighted by molar-refractivity contribution is 5.20. The molecule has 1 N–H and O–H groups in total. The van der Waals surface area contributed by atoms with E-state index in [1.54, 1.807) is 0 Å². The fourth-order valence-electron chi connectivity index (χ4n) is 3.31. The summed E-state index contributed by atoms with van der Waals surface area (Å²) in [6, 6.07) is 3.95. The monoisotopic (exact) mass is 250 g/mol. The smallest absolute Gasteiger partial charge is 0.141 e. The number of rotatable bonds is 5. The molecule has 0 saturated heterocycles. The minimum Gasteiger partial charge on any atom is -0.313 e. The van der Waals surface area contributed by atoms with E-state index in [9.17, 15) is 4.39 Å². The van der Waals surface area contributed by atoms with Gasteiger partial charge in [-0.2, -0.15) is 0 Å². The average Bonchev–Trinajstić information content (AvgIpc) is 2.38. The molecule has 0 aromatic carbocycles. The number of nitrogens with one attached hydrogen (secondary N) is 1. The quantitative estimate of drug-likeness (QED) is 0.867. The van der Waals surface area contributed by atoms with E-state index in [0.29, 0.717) is 23.8 Å². The molecule has 1 heterocycles. The Bertz CT molecular complexity index is 377. The molecule has 1 fully saturated rings. The predicted octanol–water partition coefficient (Wildman–Crippen LogP) is 3.35. The molecule has 0 amide bonds. The third kappa shape index (κ3) is 2.41. The minimum atomic E-state index is -0.251. The van der Waals surface area contributed by atoms with Crippen molar-refractivity contribution in [3.05, 3.63) is 29.8 Å². The minimum absolute atomic E-state index is 0.251. The van der Waals surface area contributed by atoms with Crippen LogP contribution in [0.1, 0.15) is 45.2 Å². The van der Waals surface area contributed by atoms with Crippen molar-refractivity contribution < 1.29 is 4.39 Å². The molecule has 3 heteroatoms. The van der Waals surface area contributed by atoms with Gasteiger partial charge in [0.05, 0.1) is 6.20 Å². The highest BCUT2D eigenvalue weighted by Gasteiger charge is 2.47. The summed E-state index contributed by atoms with van der Waals surface area (Å²) in [4.78, 5) is 4.26. The van der Waals surface area contributed by atoms with E-state index < -0.39 is 0 Å². The van der Waals surface area contributed by atoms with E-state index in [1.807, 2.05) is 6.07 Å². The second-order valence-corrected chi connectivity index (χ2v) is 5.34. The van der Waals surface area contributed by atoms with Gasteiger partial charge in [0.1, 0.15) is 5.82 Å². The maximum atomic E-state index is 12.9. The van der Waals surface area contributed by atoms with Crippen molar-refractivity contribution in [2.24, 2.45) is 11.8 Å². The molecule has 100 valence electrons. The van der Waals surface area contributed by atoms with Gasteiger partial charge in [-0.25, -0.2) is 4.39 Å². The lowest BCUT2D eigenvalue weighted by Crippen LogP contribution is -2.56. The van der Waals surface area contributed by atoms with Crippen LogP contribution in [0.15, 0.2) is 18.3 Å². The number of nitrogens with zero attached hydrogens (tertiary/aromatic N) is 1. The molecule has 0 radical (unpaired) electrons. The fourth-order valence-corrected chi connectivity index (χ4v) is 3.31. The van der Waals surface area contributed by atoms with Crippen molar-refractivity contribution in [3.8, 4) is 0 Å². The van der Waals surface area contributed by atoms with E-state index in [1.165, 1.54) is 18.7 Å². The van der Waals surface area contributed by atoms with Crippen LogP contribution in [-0.4, -0.2) is 17.6 Å². The molecule has 2 nitrogen and oxygen atoms in total. The second-order valence-electron chi connectivity index (χ2n) is 5.34. The first-order valence-corrected chi connectivity index (χ1v) is 7.03. The topological polar surface area (TPSA) is 24.9 Å². The number of hydrogen-bond acceptors (Lipinski definition) is 2. The maximum absolute atomic E-state index is 12.9. The second kappa shape index (κ2) is 5.79. The molecule has 0 bridgehead atoms. The summed E-state index contributed by atoms with van der Waals surface area (Å²) in [5.41, 5.74) is 1.05. The van der Waals surface area contributed by atoms with E-state index >= 15 is 0 Å². The molecule has 1 aliphatic rings. The Morgan fingerprint density at radius 2 is 2.11 bits per heavy atom. The first-order valence-electron chi connectivity index (χ1n) is 7.03. The summed E-state index contributed by atoms with van der Waals surface area (Å²) in [6.07, 6.45) is 3.65. The third-order valence-corrected chi connectivity index (χ3v) is 4.25. The third-order valence-electron chi connectivity index (χ3n) is 4.25. The van der Waals surface area contributed by atoms with Gasteiger partial charge >= 0.3 is 0 Å². The van der Waals surface area contributed by atoms with Crippen molar-refractivity contribution in [1.29, 1.82) is 0 Å². The van der Waals surface area contributed by atoms with Crippen LogP contribution in [0.5, 0.6) is 0 Å². The summed E-state index contributed by atoms with van der Waals surface area (Å²) in [5.74, 6) is 1.44. The molecule has 0 spiro atoms. The van der Waals surface area contributed by atoms with Crippen molar-refractivity contribution in [3.63, 3.8) is 0 Å². The Labute approximate surface area is 109 Å². The number of halogens is 1. The van der Waals surface area contributed by atoms with Crippen LogP contribution in [0.2, 0.25) is 0 Å². The summed E-state index contributed by atoms with van der Waals surface area (Å²) < 4.78 is 12.9. The first kappa shape index (κ1) is 13.5. The molecule has 4 unspecified atom stereocenters. The van der Waals surface area contributed by atoms with E-state index in [2.05, 4.69) is 31.1 Å². The van der Waals surface area contributed by atoms with Crippen LogP contribution in [0.25, 0.3) is 0 Å². The highest BCUT2D eigenvalue weighted by Crippen LogP contribution is 2.48. The van der Waals surface area contributed by atoms with Crippen molar-refractivity contribution in [2.45, 2.75) is 45.6 Å². The zero-order valence-electron chi connectivity index (χ0n) is 11.5. The summed E-state index contributed by atoms with van der Waals surface area (Å²) in [6.45, 7) is 7.77. The number of hydrogen-bond donors (Lipinski definition) is 1. The molecule has 2 rings (SSSR count). The summed E-state index contributed by atoms with van der Waals surface area (Å²) in [7, 11) is 0. The van der Waals surface area contributed by atoms with Gasteiger partial charge in [-0.05, 0) is 36.9 Å². The number of pyridine rings is 1. The molecule has 1 saturated carbocycles. The zero-order chi connectivity index (χ0) is 13.1. The van der Waals surface area contributed by atoms with Crippen molar-refractivity contribution >= 4 is 0 Å². The van der Waals surface area contributed by atoms with E-state index in [-0.39, 0.29) is 5.82 Å². The number of aromatic nitrogens is 1. The van der Waals surface area contributed by atoms with Crippen LogP contribution < -0.4 is 5.32 Å². The highest BCUT2D eigenvalue weighted by atomic mass is 19.1. The lowest BCUT2D eigenvalue weighted by Gasteiger charge is -2.51. The fraction of sp³-hybridized carbons (Fsp3) is 0.667. The molecule has 1 aromatic heterocycles. The van der Waals surface area contributed by atoms with E-state index in [0.717, 1.165) is 18.7 Å². The van der Waals surface area contributed by atoms with Crippen molar-refractivity contribution in [2.75, 3.05) is 6.54 Å². The van der Waals surface area contributed by atoms with Gasteiger partial charge in [0.15, 0.2) is 0 Å². The van der Waals surface area contributed by atoms with Gasteiger partial charge in [0.2, 0.25) is 0 Å². The standard InChI is InChI=1S/C15H23FN2/c1-4-8-17-15-10(3)14(12(15)5-2)13-7-6-11(16)9-18-13/h6-7,9-10,12,14-15,17H,4-5,8H2,1-3H3.